The molecule has 0 aliphatic heterocycles. The molecule has 10 nitrogen and oxygen atoms in total. The van der Waals surface area contributed by atoms with Gasteiger partial charge in [-0.15, -0.1) is 5.10 Å². The minimum atomic E-state index is -0.946. The lowest BCUT2D eigenvalue weighted by molar-refractivity contribution is -0.120. The van der Waals surface area contributed by atoms with E-state index in [0.717, 1.165) is 30.4 Å². The zero-order valence-electron chi connectivity index (χ0n) is 16.7. The maximum atomic E-state index is 12.2. The number of rotatable bonds is 6. The van der Waals surface area contributed by atoms with Crippen molar-refractivity contribution in [2.24, 2.45) is 5.10 Å². The minimum Gasteiger partial charge on any atom is -0.434 e. The summed E-state index contributed by atoms with van der Waals surface area (Å²) in [6, 6.07) is 4.58. The molecular formula is C20H16Cl2N6O4. The molecule has 1 aromatic heterocycles. The van der Waals surface area contributed by atoms with Crippen molar-refractivity contribution in [1.29, 1.82) is 5.26 Å². The number of carbonyl (C=O) groups excluding carboxylic acids is 2. The van der Waals surface area contributed by atoms with Crippen LogP contribution >= 0.6 is 23.2 Å². The molecule has 164 valence electrons. The summed E-state index contributed by atoms with van der Waals surface area (Å²) in [7, 11) is 1.47. The average Bonchev–Trinajstić information content (AvgIpc) is 3.38. The largest absolute Gasteiger partial charge is 0.434 e. The van der Waals surface area contributed by atoms with Crippen LogP contribution in [0.4, 0.5) is 5.69 Å². The first-order valence-electron chi connectivity index (χ1n) is 9.60. The molecule has 2 bridgehead atoms. The van der Waals surface area contributed by atoms with Gasteiger partial charge in [0.25, 0.3) is 11.5 Å². The van der Waals surface area contributed by atoms with Crippen LogP contribution in [0.15, 0.2) is 22.0 Å². The van der Waals surface area contributed by atoms with E-state index in [1.807, 2.05) is 5.32 Å². The molecule has 2 aromatic rings. The lowest BCUT2D eigenvalue weighted by atomic mass is 9.94. The van der Waals surface area contributed by atoms with Crippen molar-refractivity contribution in [3.05, 3.63) is 43.7 Å². The Morgan fingerprint density at radius 1 is 1.34 bits per heavy atom. The normalized spacial score (nSPS) is 18.6. The summed E-state index contributed by atoms with van der Waals surface area (Å²) < 4.78 is 5.94. The summed E-state index contributed by atoms with van der Waals surface area (Å²) in [4.78, 5) is 34.3. The van der Waals surface area contributed by atoms with E-state index in [1.165, 1.54) is 24.2 Å². The SMILES string of the molecule is CN(/N=C(/C#N)C(=O)NC=O)c1cc(Cl)c(Oc2n[nH]c(=O)c3c2C2CCC3C2)c(Cl)c1. The predicted molar refractivity (Wildman–Crippen MR) is 116 cm³/mol. The number of hydrogen-bond donors (Lipinski definition) is 2. The Morgan fingerprint density at radius 3 is 2.62 bits per heavy atom. The van der Waals surface area contributed by atoms with Gasteiger partial charge in [0.05, 0.1) is 15.7 Å². The van der Waals surface area contributed by atoms with Crippen molar-refractivity contribution >= 4 is 46.9 Å². The summed E-state index contributed by atoms with van der Waals surface area (Å²) in [5.74, 6) is -0.0855. The maximum absolute atomic E-state index is 12.2. The van der Waals surface area contributed by atoms with Crippen molar-refractivity contribution in [3.8, 4) is 17.7 Å². The highest BCUT2D eigenvalue weighted by Crippen LogP contribution is 2.54. The number of imide groups is 1. The summed E-state index contributed by atoms with van der Waals surface area (Å²) in [5.41, 5.74) is 1.16. The van der Waals surface area contributed by atoms with Crippen LogP contribution in [0.25, 0.3) is 0 Å². The van der Waals surface area contributed by atoms with E-state index >= 15 is 0 Å². The first-order chi connectivity index (χ1) is 15.3. The number of benzene rings is 1. The Bertz CT molecular complexity index is 1230. The van der Waals surface area contributed by atoms with Crippen molar-refractivity contribution in [1.82, 2.24) is 15.5 Å². The van der Waals surface area contributed by atoms with Crippen LogP contribution in [0.3, 0.4) is 0 Å². The van der Waals surface area contributed by atoms with Gasteiger partial charge in [-0.25, -0.2) is 5.10 Å². The highest BCUT2D eigenvalue weighted by Gasteiger charge is 2.42. The fourth-order valence-corrected chi connectivity index (χ4v) is 4.77. The van der Waals surface area contributed by atoms with Gasteiger partial charge in [-0.05, 0) is 43.2 Å². The molecule has 12 heteroatoms. The van der Waals surface area contributed by atoms with Crippen LogP contribution in [-0.2, 0) is 9.59 Å². The van der Waals surface area contributed by atoms with Crippen molar-refractivity contribution in [2.75, 3.05) is 12.1 Å². The Kier molecular flexibility index (Phi) is 5.86. The highest BCUT2D eigenvalue weighted by atomic mass is 35.5. The number of fused-ring (bicyclic) bond motifs is 5. The van der Waals surface area contributed by atoms with Crippen molar-refractivity contribution in [2.45, 2.75) is 31.1 Å². The molecule has 1 fully saturated rings. The van der Waals surface area contributed by atoms with Crippen molar-refractivity contribution in [3.63, 3.8) is 0 Å². The number of aromatic nitrogens is 2. The van der Waals surface area contributed by atoms with Gasteiger partial charge >= 0.3 is 0 Å². The second kappa shape index (κ2) is 8.61. The molecule has 2 amide bonds. The maximum Gasteiger partial charge on any atom is 0.288 e. The van der Waals surface area contributed by atoms with E-state index in [-0.39, 0.29) is 45.5 Å². The summed E-state index contributed by atoms with van der Waals surface area (Å²) >= 11 is 12.8. The number of nitrogens with one attached hydrogen (secondary N) is 2. The third kappa shape index (κ3) is 3.81. The Labute approximate surface area is 191 Å². The van der Waals surface area contributed by atoms with Crippen LogP contribution in [0, 0.1) is 11.3 Å². The molecule has 2 aliphatic carbocycles. The number of anilines is 1. The quantitative estimate of drug-likeness (QED) is 0.372. The minimum absolute atomic E-state index is 0.135. The average molecular weight is 475 g/mol. The van der Waals surface area contributed by atoms with Gasteiger partial charge < -0.3 is 4.74 Å². The van der Waals surface area contributed by atoms with E-state index in [0.29, 0.717) is 5.69 Å². The van der Waals surface area contributed by atoms with Crippen molar-refractivity contribution < 1.29 is 14.3 Å². The standard InChI is InChI=1S/C20H16Cl2N6O4/c1-28(27-14(7-23)18(30)24-8-29)11-5-12(21)17(13(22)6-11)32-20-16-10-3-2-9(4-10)15(16)19(31)25-26-20/h5-6,8-10H,2-4H2,1H3,(H,25,31)(H,24,29,30)/b27-14-. The number of aromatic amines is 1. The Morgan fingerprint density at radius 2 is 2.00 bits per heavy atom. The second-order valence-corrected chi connectivity index (χ2v) is 8.22. The number of nitrogens with zero attached hydrogens (tertiary/aromatic N) is 4. The number of hydrogen-bond acceptors (Lipinski definition) is 8. The van der Waals surface area contributed by atoms with E-state index in [2.05, 4.69) is 15.3 Å². The van der Waals surface area contributed by atoms with Gasteiger partial charge in [0.1, 0.15) is 6.07 Å². The molecule has 1 saturated carbocycles. The molecule has 2 unspecified atom stereocenters. The van der Waals surface area contributed by atoms with Crippen LogP contribution in [0.5, 0.6) is 11.6 Å². The fourth-order valence-electron chi connectivity index (χ4n) is 4.22. The van der Waals surface area contributed by atoms with Crippen LogP contribution in [0.2, 0.25) is 10.0 Å². The Hall–Kier alpha value is -3.42. The molecule has 1 heterocycles. The molecule has 0 spiro atoms. The summed E-state index contributed by atoms with van der Waals surface area (Å²) in [5, 5.41) is 22.8. The summed E-state index contributed by atoms with van der Waals surface area (Å²) in [6.45, 7) is 0. The first kappa shape index (κ1) is 21.8. The predicted octanol–water partition coefficient (Wildman–Crippen LogP) is 2.82. The molecule has 0 radical (unpaired) electrons. The number of ether oxygens (including phenoxy) is 1. The first-order valence-corrected chi connectivity index (χ1v) is 10.4. The van der Waals surface area contributed by atoms with Gasteiger partial charge in [0.15, 0.2) is 5.75 Å². The smallest absolute Gasteiger partial charge is 0.288 e. The number of halogens is 2. The second-order valence-electron chi connectivity index (χ2n) is 7.41. The van der Waals surface area contributed by atoms with Crippen LogP contribution in [0.1, 0.15) is 42.2 Å². The lowest BCUT2D eigenvalue weighted by Gasteiger charge is -2.19. The monoisotopic (exact) mass is 474 g/mol. The van der Waals surface area contributed by atoms with E-state index in [9.17, 15) is 14.4 Å². The number of nitriles is 1. The number of carbonyl (C=O) groups is 2. The number of hydrazone groups is 1. The molecular weight excluding hydrogens is 459 g/mol. The van der Waals surface area contributed by atoms with E-state index < -0.39 is 11.6 Å². The highest BCUT2D eigenvalue weighted by molar-refractivity contribution is 6.46. The van der Waals surface area contributed by atoms with E-state index in [4.69, 9.17) is 33.2 Å². The van der Waals surface area contributed by atoms with Gasteiger partial charge in [-0.2, -0.15) is 10.4 Å². The number of amides is 2. The lowest BCUT2D eigenvalue weighted by Crippen LogP contribution is -2.30. The zero-order valence-corrected chi connectivity index (χ0v) is 18.2. The third-order valence-corrected chi connectivity index (χ3v) is 6.15. The molecule has 1 aromatic carbocycles. The topological polar surface area (TPSA) is 141 Å². The fraction of sp³-hybridized carbons (Fsp3) is 0.300. The van der Waals surface area contributed by atoms with Gasteiger partial charge in [0, 0.05) is 18.2 Å². The van der Waals surface area contributed by atoms with E-state index in [1.54, 1.807) is 6.07 Å². The Balaban J connectivity index is 1.64. The zero-order chi connectivity index (χ0) is 23.0. The van der Waals surface area contributed by atoms with Gasteiger partial charge in [0.2, 0.25) is 18.0 Å². The molecule has 32 heavy (non-hydrogen) atoms. The molecule has 2 atom stereocenters. The molecule has 2 aliphatic rings. The third-order valence-electron chi connectivity index (χ3n) is 5.59. The summed E-state index contributed by atoms with van der Waals surface area (Å²) in [6.07, 6.45) is 3.01. The van der Waals surface area contributed by atoms with Crippen LogP contribution < -0.4 is 20.6 Å². The van der Waals surface area contributed by atoms with Crippen LogP contribution in [-0.4, -0.2) is 35.3 Å². The molecule has 0 saturated heterocycles. The van der Waals surface area contributed by atoms with Gasteiger partial charge in [-0.1, -0.05) is 23.2 Å². The number of H-pyrrole nitrogens is 1. The molecule has 4 rings (SSSR count). The van der Waals surface area contributed by atoms with Gasteiger partial charge in [-0.3, -0.25) is 24.7 Å². The molecule has 2 N–H and O–H groups in total.